The van der Waals surface area contributed by atoms with Crippen LogP contribution in [0, 0.1) is 19.7 Å². The fourth-order valence-corrected chi connectivity index (χ4v) is 5.47. The molecule has 0 amide bonds. The Morgan fingerprint density at radius 3 is 2.67 bits per heavy atom. The van der Waals surface area contributed by atoms with E-state index in [0.29, 0.717) is 24.3 Å². The first-order valence-electron chi connectivity index (χ1n) is 8.75. The van der Waals surface area contributed by atoms with Gasteiger partial charge < -0.3 is 9.72 Å². The van der Waals surface area contributed by atoms with Gasteiger partial charge in [0.15, 0.2) is 0 Å². The molecule has 0 saturated heterocycles. The zero-order valence-electron chi connectivity index (χ0n) is 15.5. The lowest BCUT2D eigenvalue weighted by molar-refractivity contribution is 0.390. The summed E-state index contributed by atoms with van der Waals surface area (Å²) in [5, 5.41) is 0.743. The topological polar surface area (TPSA) is 62.4 Å². The molecule has 5 nitrogen and oxygen atoms in total. The summed E-state index contributed by atoms with van der Waals surface area (Å²) in [6.07, 6.45) is 0.568. The van der Waals surface area contributed by atoms with Crippen LogP contribution in [0.3, 0.4) is 0 Å². The van der Waals surface area contributed by atoms with Gasteiger partial charge in [-0.2, -0.15) is 4.31 Å². The lowest BCUT2D eigenvalue weighted by Crippen LogP contribution is -2.36. The van der Waals surface area contributed by atoms with Gasteiger partial charge in [-0.25, -0.2) is 12.8 Å². The minimum absolute atomic E-state index is 0.228. The Balaban J connectivity index is 1.76. The maximum atomic E-state index is 13.7. The number of methoxy groups -OCH3 is 1. The molecular formula is C20H21FN2O3S. The van der Waals surface area contributed by atoms with Crippen LogP contribution in [-0.2, 0) is 23.0 Å². The highest BCUT2D eigenvalue weighted by molar-refractivity contribution is 7.89. The molecule has 3 aromatic rings. The van der Waals surface area contributed by atoms with Gasteiger partial charge in [-0.05, 0) is 60.9 Å². The molecule has 27 heavy (non-hydrogen) atoms. The number of halogens is 1. The monoisotopic (exact) mass is 388 g/mol. The van der Waals surface area contributed by atoms with E-state index in [2.05, 4.69) is 4.98 Å². The number of nitrogens with zero attached hydrogens (tertiary/aromatic N) is 1. The second kappa shape index (κ2) is 6.35. The predicted molar refractivity (Wildman–Crippen MR) is 102 cm³/mol. The number of hydrogen-bond donors (Lipinski definition) is 1. The number of aryl methyl sites for hydroxylation is 2. The van der Waals surface area contributed by atoms with Crippen molar-refractivity contribution in [1.29, 1.82) is 0 Å². The van der Waals surface area contributed by atoms with Crippen molar-refractivity contribution >= 4 is 20.9 Å². The number of sulfonamides is 1. The number of rotatable bonds is 3. The first-order chi connectivity index (χ1) is 12.8. The first-order valence-corrected chi connectivity index (χ1v) is 10.2. The number of ether oxygens (including phenoxy) is 1. The number of aromatic amines is 1. The quantitative estimate of drug-likeness (QED) is 0.745. The lowest BCUT2D eigenvalue weighted by Gasteiger charge is -2.27. The molecule has 1 N–H and O–H groups in total. The average Bonchev–Trinajstić information content (AvgIpc) is 3.00. The zero-order chi connectivity index (χ0) is 19.3. The summed E-state index contributed by atoms with van der Waals surface area (Å²) >= 11 is 0. The van der Waals surface area contributed by atoms with Gasteiger partial charge in [-0.15, -0.1) is 0 Å². The highest BCUT2D eigenvalue weighted by Gasteiger charge is 2.31. The maximum Gasteiger partial charge on any atom is 0.243 e. The molecule has 2 heterocycles. The predicted octanol–water partition coefficient (Wildman–Crippen LogP) is 3.68. The summed E-state index contributed by atoms with van der Waals surface area (Å²) in [5.41, 5.74) is 4.07. The molecule has 2 aromatic carbocycles. The van der Waals surface area contributed by atoms with Crippen LogP contribution < -0.4 is 4.74 Å². The van der Waals surface area contributed by atoms with E-state index in [4.69, 9.17) is 4.74 Å². The van der Waals surface area contributed by atoms with E-state index in [1.165, 1.54) is 16.4 Å². The minimum atomic E-state index is -3.67. The molecule has 0 bridgehead atoms. The van der Waals surface area contributed by atoms with Crippen LogP contribution in [0.5, 0.6) is 5.75 Å². The van der Waals surface area contributed by atoms with Crippen molar-refractivity contribution < 1.29 is 17.5 Å². The minimum Gasteiger partial charge on any atom is -0.496 e. The number of aromatic nitrogens is 1. The Kier molecular flexibility index (Phi) is 4.24. The Morgan fingerprint density at radius 1 is 1.15 bits per heavy atom. The molecular weight excluding hydrogens is 367 g/mol. The molecule has 1 aliphatic rings. The van der Waals surface area contributed by atoms with Crippen molar-refractivity contribution in [2.24, 2.45) is 0 Å². The van der Waals surface area contributed by atoms with Crippen LogP contribution in [-0.4, -0.2) is 31.4 Å². The third kappa shape index (κ3) is 2.91. The van der Waals surface area contributed by atoms with Crippen molar-refractivity contribution in [3.63, 3.8) is 0 Å². The summed E-state index contributed by atoms with van der Waals surface area (Å²) in [6, 6.07) is 7.97. The molecule has 142 valence electrons. The summed E-state index contributed by atoms with van der Waals surface area (Å²) in [4.78, 5) is 3.57. The van der Waals surface area contributed by atoms with Crippen LogP contribution in [0.25, 0.3) is 10.9 Å². The lowest BCUT2D eigenvalue weighted by atomic mass is 10.1. The van der Waals surface area contributed by atoms with Crippen LogP contribution >= 0.6 is 0 Å². The van der Waals surface area contributed by atoms with Gasteiger partial charge in [0.05, 0.1) is 12.0 Å². The van der Waals surface area contributed by atoms with Crippen LogP contribution in [0.4, 0.5) is 4.39 Å². The number of benzene rings is 2. The number of fused-ring (bicyclic) bond motifs is 3. The summed E-state index contributed by atoms with van der Waals surface area (Å²) in [5.74, 6) is 0.338. The molecule has 0 atom stereocenters. The summed E-state index contributed by atoms with van der Waals surface area (Å²) in [6.45, 7) is 4.21. The zero-order valence-corrected chi connectivity index (χ0v) is 16.3. The van der Waals surface area contributed by atoms with E-state index < -0.39 is 10.0 Å². The van der Waals surface area contributed by atoms with E-state index in [0.717, 1.165) is 27.7 Å². The van der Waals surface area contributed by atoms with Gasteiger partial charge in [-0.3, -0.25) is 0 Å². The van der Waals surface area contributed by atoms with Crippen LogP contribution in [0.15, 0.2) is 35.2 Å². The van der Waals surface area contributed by atoms with E-state index >= 15 is 0 Å². The SMILES string of the molecule is COc1cc(C)c(S(=O)(=O)N2CCc3[nH]c4ccc(F)cc4c3C2)cc1C. The Hall–Kier alpha value is -2.38. The standard InChI is InChI=1S/C20H21FN2O3S/c1-12-9-20(13(2)8-19(12)26-3)27(24,25)23-7-6-18-16(11-23)15-10-14(21)4-5-17(15)22-18/h4-5,8-10,22H,6-7,11H2,1-3H3. The third-order valence-electron chi connectivity index (χ3n) is 5.21. The van der Waals surface area contributed by atoms with Crippen LogP contribution in [0.2, 0.25) is 0 Å². The fourth-order valence-electron chi connectivity index (χ4n) is 3.77. The Labute approximate surface area is 157 Å². The van der Waals surface area contributed by atoms with Crippen molar-refractivity contribution in [2.45, 2.75) is 31.7 Å². The van der Waals surface area contributed by atoms with Gasteiger partial charge >= 0.3 is 0 Å². The maximum absolute atomic E-state index is 13.7. The first kappa shape index (κ1) is 18.0. The van der Waals surface area contributed by atoms with Crippen molar-refractivity contribution in [3.8, 4) is 5.75 Å². The molecule has 1 aliphatic heterocycles. The largest absolute Gasteiger partial charge is 0.496 e. The second-order valence-electron chi connectivity index (χ2n) is 6.95. The fraction of sp³-hybridized carbons (Fsp3) is 0.300. The van der Waals surface area contributed by atoms with E-state index in [1.54, 1.807) is 32.2 Å². The van der Waals surface area contributed by atoms with Crippen molar-refractivity contribution in [2.75, 3.05) is 13.7 Å². The molecule has 0 unspecified atom stereocenters. The van der Waals surface area contributed by atoms with Gasteiger partial charge in [0.1, 0.15) is 11.6 Å². The molecule has 0 aliphatic carbocycles. The number of nitrogens with one attached hydrogen (secondary N) is 1. The molecule has 4 rings (SSSR count). The van der Waals surface area contributed by atoms with E-state index in [9.17, 15) is 12.8 Å². The highest BCUT2D eigenvalue weighted by atomic mass is 32.2. The average molecular weight is 388 g/mol. The van der Waals surface area contributed by atoms with Crippen molar-refractivity contribution in [1.82, 2.24) is 9.29 Å². The van der Waals surface area contributed by atoms with E-state index in [1.807, 2.05) is 6.92 Å². The molecule has 0 radical (unpaired) electrons. The Bertz CT molecular complexity index is 1150. The van der Waals surface area contributed by atoms with Crippen molar-refractivity contribution in [3.05, 3.63) is 58.5 Å². The van der Waals surface area contributed by atoms with Gasteiger partial charge in [0, 0.05) is 36.1 Å². The molecule has 0 saturated carbocycles. The highest BCUT2D eigenvalue weighted by Crippen LogP contribution is 2.33. The normalized spacial score (nSPS) is 15.1. The van der Waals surface area contributed by atoms with Gasteiger partial charge in [-0.1, -0.05) is 0 Å². The van der Waals surface area contributed by atoms with Gasteiger partial charge in [0.2, 0.25) is 10.0 Å². The molecule has 0 fully saturated rings. The molecule has 0 spiro atoms. The van der Waals surface area contributed by atoms with E-state index in [-0.39, 0.29) is 17.3 Å². The summed E-state index contributed by atoms with van der Waals surface area (Å²) < 4.78 is 47.0. The second-order valence-corrected chi connectivity index (χ2v) is 8.85. The number of hydrogen-bond acceptors (Lipinski definition) is 3. The number of H-pyrrole nitrogens is 1. The third-order valence-corrected chi connectivity index (χ3v) is 7.20. The Morgan fingerprint density at radius 2 is 1.93 bits per heavy atom. The molecule has 7 heteroatoms. The smallest absolute Gasteiger partial charge is 0.243 e. The van der Waals surface area contributed by atoms with Gasteiger partial charge in [0.25, 0.3) is 0 Å². The summed E-state index contributed by atoms with van der Waals surface area (Å²) in [7, 11) is -2.10. The molecule has 1 aromatic heterocycles. The van der Waals surface area contributed by atoms with Crippen LogP contribution in [0.1, 0.15) is 22.4 Å².